The molecule has 0 aliphatic carbocycles. The maximum absolute atomic E-state index is 5.74. The molecule has 1 aromatic rings. The predicted octanol–water partition coefficient (Wildman–Crippen LogP) is 1.81. The number of anilines is 2. The van der Waals surface area contributed by atoms with Crippen molar-refractivity contribution in [3.8, 4) is 0 Å². The first-order valence-electron chi connectivity index (χ1n) is 6.02. The molecule has 1 atom stereocenters. The quantitative estimate of drug-likeness (QED) is 0.835. The summed E-state index contributed by atoms with van der Waals surface area (Å²) >= 11 is 0. The molecule has 2 rings (SSSR count). The molecule has 5 nitrogen and oxygen atoms in total. The van der Waals surface area contributed by atoms with Crippen LogP contribution in [0.1, 0.15) is 25.3 Å². The molecule has 1 aliphatic rings. The highest BCUT2D eigenvalue weighted by atomic mass is 16.5. The topological polar surface area (TPSA) is 59.1 Å². The summed E-state index contributed by atoms with van der Waals surface area (Å²) in [5.41, 5.74) is 0.980. The van der Waals surface area contributed by atoms with Gasteiger partial charge in [-0.05, 0) is 26.7 Å². The Bertz CT molecular complexity index is 388. The molecule has 2 heterocycles. The lowest BCUT2D eigenvalue weighted by Gasteiger charge is -2.24. The number of hydrogen-bond acceptors (Lipinski definition) is 5. The van der Waals surface area contributed by atoms with E-state index >= 15 is 0 Å². The van der Waals surface area contributed by atoms with Crippen LogP contribution in [0, 0.1) is 6.92 Å². The van der Waals surface area contributed by atoms with E-state index in [1.165, 1.54) is 0 Å². The Kier molecular flexibility index (Phi) is 3.47. The van der Waals surface area contributed by atoms with Gasteiger partial charge in [-0.3, -0.25) is 0 Å². The molecule has 1 fully saturated rings. The van der Waals surface area contributed by atoms with Crippen LogP contribution in [0.5, 0.6) is 0 Å². The molecule has 0 spiro atoms. The average Bonchev–Trinajstić information content (AvgIpc) is 2.75. The second-order valence-electron chi connectivity index (χ2n) is 4.70. The second kappa shape index (κ2) is 4.87. The first-order valence-corrected chi connectivity index (χ1v) is 6.02. The molecule has 5 heteroatoms. The van der Waals surface area contributed by atoms with Crippen molar-refractivity contribution in [2.45, 2.75) is 32.3 Å². The summed E-state index contributed by atoms with van der Waals surface area (Å²) < 4.78 is 5.74. The van der Waals surface area contributed by atoms with Gasteiger partial charge < -0.3 is 15.4 Å². The Morgan fingerprint density at radius 1 is 1.41 bits per heavy atom. The molecular formula is C12H20N4O. The lowest BCUT2D eigenvalue weighted by Crippen LogP contribution is -2.33. The number of aromatic nitrogens is 2. The fraction of sp³-hybridized carbons (Fsp3) is 0.667. The van der Waals surface area contributed by atoms with E-state index in [9.17, 15) is 0 Å². The Balaban J connectivity index is 2.03. The van der Waals surface area contributed by atoms with Crippen molar-refractivity contribution in [2.24, 2.45) is 0 Å². The van der Waals surface area contributed by atoms with Crippen LogP contribution in [0.4, 0.5) is 11.6 Å². The largest absolute Gasteiger partial charge is 0.373 e. The molecule has 0 bridgehead atoms. The van der Waals surface area contributed by atoms with Crippen molar-refractivity contribution in [3.05, 3.63) is 11.9 Å². The monoisotopic (exact) mass is 236 g/mol. The van der Waals surface area contributed by atoms with E-state index < -0.39 is 0 Å². The predicted molar refractivity (Wildman–Crippen MR) is 68.4 cm³/mol. The summed E-state index contributed by atoms with van der Waals surface area (Å²) in [4.78, 5) is 8.42. The molecule has 17 heavy (non-hydrogen) atoms. The fourth-order valence-electron chi connectivity index (χ4n) is 2.13. The highest BCUT2D eigenvalue weighted by molar-refractivity contribution is 5.56. The van der Waals surface area contributed by atoms with Crippen LogP contribution in [0.2, 0.25) is 0 Å². The van der Waals surface area contributed by atoms with E-state index in [0.717, 1.165) is 43.2 Å². The van der Waals surface area contributed by atoms with Gasteiger partial charge in [0.25, 0.3) is 0 Å². The minimum Gasteiger partial charge on any atom is -0.373 e. The highest BCUT2D eigenvalue weighted by Crippen LogP contribution is 2.26. The van der Waals surface area contributed by atoms with Gasteiger partial charge in [0.2, 0.25) is 0 Å². The highest BCUT2D eigenvalue weighted by Gasteiger charge is 2.29. The molecular weight excluding hydrogens is 216 g/mol. The summed E-state index contributed by atoms with van der Waals surface area (Å²) in [6, 6.07) is 0. The number of ether oxygens (including phenoxy) is 1. The summed E-state index contributed by atoms with van der Waals surface area (Å²) in [6.07, 6.45) is 3.81. The fourth-order valence-corrected chi connectivity index (χ4v) is 2.13. The molecule has 0 aromatic carbocycles. The summed E-state index contributed by atoms with van der Waals surface area (Å²) in [6.45, 7) is 5.80. The third kappa shape index (κ3) is 2.66. The Morgan fingerprint density at radius 3 is 2.82 bits per heavy atom. The zero-order valence-electron chi connectivity index (χ0n) is 10.7. The molecule has 1 saturated heterocycles. The first-order chi connectivity index (χ1) is 8.14. The molecule has 1 aromatic heterocycles. The maximum Gasteiger partial charge on any atom is 0.134 e. The van der Waals surface area contributed by atoms with E-state index in [1.54, 1.807) is 6.33 Å². The normalized spacial score (nSPS) is 23.7. The lowest BCUT2D eigenvalue weighted by molar-refractivity contribution is 0.0314. The maximum atomic E-state index is 5.74. The van der Waals surface area contributed by atoms with Gasteiger partial charge in [0.05, 0.1) is 5.60 Å². The zero-order valence-corrected chi connectivity index (χ0v) is 10.7. The van der Waals surface area contributed by atoms with Crippen molar-refractivity contribution in [3.63, 3.8) is 0 Å². The Labute approximate surface area is 102 Å². The molecule has 2 N–H and O–H groups in total. The van der Waals surface area contributed by atoms with Gasteiger partial charge in [-0.25, -0.2) is 9.97 Å². The van der Waals surface area contributed by atoms with Crippen LogP contribution in [0.15, 0.2) is 6.33 Å². The number of hydrogen-bond donors (Lipinski definition) is 2. The summed E-state index contributed by atoms with van der Waals surface area (Å²) in [7, 11) is 1.86. The zero-order chi connectivity index (χ0) is 12.3. The van der Waals surface area contributed by atoms with Crippen LogP contribution >= 0.6 is 0 Å². The Hall–Kier alpha value is -1.36. The minimum absolute atomic E-state index is 0.0583. The van der Waals surface area contributed by atoms with Crippen LogP contribution < -0.4 is 10.6 Å². The van der Waals surface area contributed by atoms with E-state index in [4.69, 9.17) is 4.74 Å². The first kappa shape index (κ1) is 12.1. The standard InChI is InChI=1S/C12H20N4O/c1-9-10(13-3)15-8-16-11(9)14-7-12(2)5-4-6-17-12/h8H,4-7H2,1-3H3,(H2,13,14,15,16). The van der Waals surface area contributed by atoms with Crippen LogP contribution in [-0.2, 0) is 4.74 Å². The van der Waals surface area contributed by atoms with Gasteiger partial charge in [0, 0.05) is 25.8 Å². The van der Waals surface area contributed by atoms with Crippen molar-refractivity contribution < 1.29 is 4.74 Å². The van der Waals surface area contributed by atoms with Gasteiger partial charge in [0.15, 0.2) is 0 Å². The minimum atomic E-state index is -0.0583. The van der Waals surface area contributed by atoms with Gasteiger partial charge in [-0.2, -0.15) is 0 Å². The van der Waals surface area contributed by atoms with Crippen molar-refractivity contribution in [2.75, 3.05) is 30.8 Å². The van der Waals surface area contributed by atoms with Crippen molar-refractivity contribution in [1.29, 1.82) is 0 Å². The lowest BCUT2D eigenvalue weighted by atomic mass is 10.0. The number of nitrogens with one attached hydrogen (secondary N) is 2. The van der Waals surface area contributed by atoms with Crippen LogP contribution in [-0.4, -0.2) is 35.8 Å². The smallest absolute Gasteiger partial charge is 0.134 e. The van der Waals surface area contributed by atoms with Crippen molar-refractivity contribution >= 4 is 11.6 Å². The summed E-state index contributed by atoms with van der Waals surface area (Å²) in [5, 5.41) is 6.40. The van der Waals surface area contributed by atoms with Crippen LogP contribution in [0.3, 0.4) is 0 Å². The third-order valence-electron chi connectivity index (χ3n) is 3.25. The molecule has 0 amide bonds. The van der Waals surface area contributed by atoms with Gasteiger partial charge in [-0.1, -0.05) is 0 Å². The number of rotatable bonds is 4. The van der Waals surface area contributed by atoms with Crippen molar-refractivity contribution in [1.82, 2.24) is 9.97 Å². The van der Waals surface area contributed by atoms with Crippen LogP contribution in [0.25, 0.3) is 0 Å². The molecule has 94 valence electrons. The number of nitrogens with zero attached hydrogens (tertiary/aromatic N) is 2. The summed E-state index contributed by atoms with van der Waals surface area (Å²) in [5.74, 6) is 1.74. The van der Waals surface area contributed by atoms with E-state index in [2.05, 4.69) is 27.5 Å². The molecule has 1 aliphatic heterocycles. The second-order valence-corrected chi connectivity index (χ2v) is 4.70. The third-order valence-corrected chi connectivity index (χ3v) is 3.25. The van der Waals surface area contributed by atoms with Gasteiger partial charge in [0.1, 0.15) is 18.0 Å². The molecule has 0 saturated carbocycles. The average molecular weight is 236 g/mol. The van der Waals surface area contributed by atoms with Gasteiger partial charge >= 0.3 is 0 Å². The van der Waals surface area contributed by atoms with Gasteiger partial charge in [-0.15, -0.1) is 0 Å². The van der Waals surface area contributed by atoms with E-state index in [-0.39, 0.29) is 5.60 Å². The molecule has 1 unspecified atom stereocenters. The van der Waals surface area contributed by atoms with E-state index in [0.29, 0.717) is 0 Å². The molecule has 0 radical (unpaired) electrons. The SMILES string of the molecule is CNc1ncnc(NCC2(C)CCCO2)c1C. The van der Waals surface area contributed by atoms with E-state index in [1.807, 2.05) is 14.0 Å². The Morgan fingerprint density at radius 2 is 2.18 bits per heavy atom.